The number of carboxylic acid groups (broad SMARTS) is 1. The van der Waals surface area contributed by atoms with Gasteiger partial charge in [0.15, 0.2) is 5.75 Å². The highest BCUT2D eigenvalue weighted by molar-refractivity contribution is 5.87. The number of pyridine rings is 1. The van der Waals surface area contributed by atoms with E-state index in [2.05, 4.69) is 29.5 Å². The second-order valence-corrected chi connectivity index (χ2v) is 6.61. The predicted octanol–water partition coefficient (Wildman–Crippen LogP) is 4.68. The highest BCUT2D eigenvalue weighted by Crippen LogP contribution is 2.24. The summed E-state index contributed by atoms with van der Waals surface area (Å²) in [5.74, 6) is -0.0330. The largest absolute Gasteiger partial charge is 0.478 e. The van der Waals surface area contributed by atoms with Crippen LogP contribution in [-0.2, 0) is 12.8 Å². The number of anilines is 1. The molecule has 29 heavy (non-hydrogen) atoms. The summed E-state index contributed by atoms with van der Waals surface area (Å²) in [6.45, 7) is 4.62. The molecule has 0 unspecified atom stereocenters. The molecule has 2 N–H and O–H groups in total. The van der Waals surface area contributed by atoms with Gasteiger partial charge in [0.1, 0.15) is 5.69 Å². The van der Waals surface area contributed by atoms with Crippen molar-refractivity contribution in [3.63, 3.8) is 0 Å². The van der Waals surface area contributed by atoms with Crippen molar-refractivity contribution in [2.24, 2.45) is 0 Å². The standard InChI is InChI=1S/C23H24N2O4/c1-3-17-14-21(25-29-20-10-8-19(9-11-20)23(26)27)22(24-15-17)28-13-12-18-7-5-4-6-16(18)2/h4-11,14-15,25H,3,12-13H2,1-2H3,(H,26,27). The number of aromatic carboxylic acids is 1. The molecule has 0 bridgehead atoms. The van der Waals surface area contributed by atoms with Gasteiger partial charge >= 0.3 is 5.97 Å². The van der Waals surface area contributed by atoms with E-state index in [-0.39, 0.29) is 5.56 Å². The Balaban J connectivity index is 1.66. The third kappa shape index (κ3) is 5.48. The predicted molar refractivity (Wildman–Crippen MR) is 112 cm³/mol. The van der Waals surface area contributed by atoms with Crippen molar-refractivity contribution >= 4 is 11.7 Å². The monoisotopic (exact) mass is 392 g/mol. The van der Waals surface area contributed by atoms with E-state index in [0.717, 1.165) is 18.4 Å². The van der Waals surface area contributed by atoms with E-state index in [1.807, 2.05) is 25.1 Å². The normalized spacial score (nSPS) is 10.4. The molecule has 0 aliphatic heterocycles. The molecule has 0 amide bonds. The molecule has 3 rings (SSSR count). The number of ether oxygens (including phenoxy) is 1. The van der Waals surface area contributed by atoms with Gasteiger partial charge in [0.05, 0.1) is 12.2 Å². The zero-order chi connectivity index (χ0) is 20.6. The minimum absolute atomic E-state index is 0.201. The summed E-state index contributed by atoms with van der Waals surface area (Å²) in [5, 5.41) is 8.98. The van der Waals surface area contributed by atoms with Gasteiger partial charge < -0.3 is 14.7 Å². The lowest BCUT2D eigenvalue weighted by Gasteiger charge is -2.14. The van der Waals surface area contributed by atoms with Gasteiger partial charge in [0.2, 0.25) is 5.88 Å². The Kier molecular flexibility index (Phi) is 6.68. The molecule has 0 saturated carbocycles. The summed E-state index contributed by atoms with van der Waals surface area (Å²) in [7, 11) is 0. The fraction of sp³-hybridized carbons (Fsp3) is 0.217. The van der Waals surface area contributed by atoms with Gasteiger partial charge in [-0.2, -0.15) is 0 Å². The van der Waals surface area contributed by atoms with E-state index in [1.54, 1.807) is 18.3 Å². The maximum atomic E-state index is 10.9. The number of carboxylic acids is 1. The van der Waals surface area contributed by atoms with E-state index in [9.17, 15) is 4.79 Å². The molecule has 2 aromatic carbocycles. The lowest BCUT2D eigenvalue weighted by molar-refractivity contribution is 0.0697. The van der Waals surface area contributed by atoms with Crippen LogP contribution >= 0.6 is 0 Å². The maximum absolute atomic E-state index is 10.9. The summed E-state index contributed by atoms with van der Waals surface area (Å²) in [6.07, 6.45) is 3.40. The Hall–Kier alpha value is -3.54. The fourth-order valence-electron chi connectivity index (χ4n) is 2.80. The molecule has 6 nitrogen and oxygen atoms in total. The molecule has 0 saturated heterocycles. The van der Waals surface area contributed by atoms with Crippen LogP contribution in [-0.4, -0.2) is 22.7 Å². The molecule has 150 valence electrons. The van der Waals surface area contributed by atoms with Crippen LogP contribution in [0.25, 0.3) is 0 Å². The fourth-order valence-corrected chi connectivity index (χ4v) is 2.80. The summed E-state index contributed by atoms with van der Waals surface area (Å²) in [4.78, 5) is 20.9. The van der Waals surface area contributed by atoms with Gasteiger partial charge in [0, 0.05) is 12.6 Å². The molecule has 0 aliphatic carbocycles. The molecule has 0 aliphatic rings. The van der Waals surface area contributed by atoms with Crippen molar-refractivity contribution in [3.8, 4) is 11.6 Å². The van der Waals surface area contributed by atoms with Crippen molar-refractivity contribution in [3.05, 3.63) is 83.0 Å². The zero-order valence-electron chi connectivity index (χ0n) is 16.5. The summed E-state index contributed by atoms with van der Waals surface area (Å²) < 4.78 is 5.90. The van der Waals surface area contributed by atoms with E-state index in [4.69, 9.17) is 14.7 Å². The van der Waals surface area contributed by atoms with Crippen LogP contribution in [0, 0.1) is 6.92 Å². The Bertz CT molecular complexity index is 971. The minimum Gasteiger partial charge on any atom is -0.478 e. The number of aromatic nitrogens is 1. The van der Waals surface area contributed by atoms with Gasteiger partial charge in [0.25, 0.3) is 0 Å². The van der Waals surface area contributed by atoms with Crippen LogP contribution < -0.4 is 15.1 Å². The lowest BCUT2D eigenvalue weighted by Crippen LogP contribution is -2.10. The number of benzene rings is 2. The van der Waals surface area contributed by atoms with Crippen LogP contribution in [0.2, 0.25) is 0 Å². The molecular formula is C23H24N2O4. The Morgan fingerprint density at radius 1 is 1.14 bits per heavy atom. The molecule has 0 radical (unpaired) electrons. The molecule has 6 heteroatoms. The van der Waals surface area contributed by atoms with E-state index in [1.165, 1.54) is 23.3 Å². The van der Waals surface area contributed by atoms with Gasteiger partial charge in [-0.3, -0.25) is 0 Å². The van der Waals surface area contributed by atoms with Crippen LogP contribution in [0.5, 0.6) is 11.6 Å². The third-order valence-electron chi connectivity index (χ3n) is 4.57. The van der Waals surface area contributed by atoms with Crippen molar-refractivity contribution in [1.82, 2.24) is 4.98 Å². The summed E-state index contributed by atoms with van der Waals surface area (Å²) >= 11 is 0. The van der Waals surface area contributed by atoms with Crippen LogP contribution in [0.1, 0.15) is 34.0 Å². The molecule has 3 aromatic rings. The van der Waals surface area contributed by atoms with Crippen molar-refractivity contribution in [2.45, 2.75) is 26.7 Å². The zero-order valence-corrected chi connectivity index (χ0v) is 16.5. The summed E-state index contributed by atoms with van der Waals surface area (Å²) in [5.41, 5.74) is 7.22. The van der Waals surface area contributed by atoms with Crippen LogP contribution in [0.15, 0.2) is 60.8 Å². The maximum Gasteiger partial charge on any atom is 0.335 e. The van der Waals surface area contributed by atoms with Gasteiger partial charge in [-0.15, -0.1) is 0 Å². The number of rotatable bonds is 9. The first-order chi connectivity index (χ1) is 14.1. The quantitative estimate of drug-likeness (QED) is 0.515. The number of hydrogen-bond acceptors (Lipinski definition) is 5. The second-order valence-electron chi connectivity index (χ2n) is 6.61. The molecule has 0 spiro atoms. The Labute approximate surface area is 170 Å². The highest BCUT2D eigenvalue weighted by atomic mass is 16.6. The number of nitrogens with zero attached hydrogens (tertiary/aromatic N) is 1. The van der Waals surface area contributed by atoms with Crippen molar-refractivity contribution in [1.29, 1.82) is 0 Å². The SMILES string of the molecule is CCc1cnc(OCCc2ccccc2C)c(NOc2ccc(C(=O)O)cc2)c1. The average molecular weight is 392 g/mol. The molecular weight excluding hydrogens is 368 g/mol. The van der Waals surface area contributed by atoms with Crippen LogP contribution in [0.3, 0.4) is 0 Å². The minimum atomic E-state index is -0.978. The average Bonchev–Trinajstić information content (AvgIpc) is 2.74. The third-order valence-corrected chi connectivity index (χ3v) is 4.57. The van der Waals surface area contributed by atoms with Gasteiger partial charge in [-0.05, 0) is 60.4 Å². The van der Waals surface area contributed by atoms with Crippen LogP contribution in [0.4, 0.5) is 5.69 Å². The van der Waals surface area contributed by atoms with E-state index < -0.39 is 5.97 Å². The number of aryl methyl sites for hydroxylation is 2. The first-order valence-corrected chi connectivity index (χ1v) is 9.49. The smallest absolute Gasteiger partial charge is 0.335 e. The van der Waals surface area contributed by atoms with E-state index in [0.29, 0.717) is 23.9 Å². The Morgan fingerprint density at radius 3 is 2.59 bits per heavy atom. The molecule has 1 aromatic heterocycles. The topological polar surface area (TPSA) is 80.7 Å². The van der Waals surface area contributed by atoms with E-state index >= 15 is 0 Å². The first kappa shape index (κ1) is 20.2. The highest BCUT2D eigenvalue weighted by Gasteiger charge is 2.09. The van der Waals surface area contributed by atoms with Crippen molar-refractivity contribution in [2.75, 3.05) is 12.1 Å². The van der Waals surface area contributed by atoms with Gasteiger partial charge in [-0.25, -0.2) is 15.3 Å². The second kappa shape index (κ2) is 9.59. The number of carbonyl (C=O) groups is 1. The lowest BCUT2D eigenvalue weighted by atomic mass is 10.1. The molecule has 0 atom stereocenters. The summed E-state index contributed by atoms with van der Waals surface area (Å²) in [6, 6.07) is 16.3. The van der Waals surface area contributed by atoms with Crippen molar-refractivity contribution < 1.29 is 19.5 Å². The molecule has 0 fully saturated rings. The van der Waals surface area contributed by atoms with Gasteiger partial charge in [-0.1, -0.05) is 31.2 Å². The number of nitrogens with one attached hydrogen (secondary N) is 1. The first-order valence-electron chi connectivity index (χ1n) is 9.49. The Morgan fingerprint density at radius 2 is 1.90 bits per heavy atom. The molecule has 1 heterocycles. The number of hydrogen-bond donors (Lipinski definition) is 2.